The molecule has 5 heteroatoms. The zero-order valence-electron chi connectivity index (χ0n) is 11.0. The van der Waals surface area contributed by atoms with Crippen molar-refractivity contribution < 1.29 is 19.0 Å². The van der Waals surface area contributed by atoms with E-state index in [1.165, 1.54) is 0 Å². The van der Waals surface area contributed by atoms with Crippen LogP contribution in [-0.2, 0) is 19.0 Å². The maximum atomic E-state index is 11.9. The Bertz CT molecular complexity index is 351. The average molecular weight is 253 g/mol. The fraction of sp³-hybridized carbons (Fsp3) is 0.538. The third kappa shape index (κ3) is 4.09. The number of carbonyl (C=O) groups excluding carboxylic acids is 1. The fourth-order valence-corrected chi connectivity index (χ4v) is 1.67. The summed E-state index contributed by atoms with van der Waals surface area (Å²) in [7, 11) is 3.08. The van der Waals surface area contributed by atoms with Crippen molar-refractivity contribution in [3.05, 3.63) is 30.1 Å². The first-order chi connectivity index (χ1) is 8.72. The molecule has 0 saturated heterocycles. The molecule has 0 bridgehead atoms. The number of esters is 1. The second kappa shape index (κ2) is 7.79. The molecule has 0 aliphatic carbocycles. The molecule has 100 valence electrons. The molecule has 1 atom stereocenters. The minimum Gasteiger partial charge on any atom is -0.466 e. The molecule has 1 aromatic heterocycles. The lowest BCUT2D eigenvalue weighted by molar-refractivity contribution is -0.151. The van der Waals surface area contributed by atoms with Crippen molar-refractivity contribution in [2.24, 2.45) is 0 Å². The van der Waals surface area contributed by atoms with E-state index in [-0.39, 0.29) is 5.97 Å². The summed E-state index contributed by atoms with van der Waals surface area (Å²) in [6.45, 7) is 2.13. The highest BCUT2D eigenvalue weighted by Gasteiger charge is 2.26. The van der Waals surface area contributed by atoms with E-state index in [4.69, 9.17) is 14.2 Å². The van der Waals surface area contributed by atoms with Gasteiger partial charge in [0, 0.05) is 33.0 Å². The van der Waals surface area contributed by atoms with Gasteiger partial charge in [-0.1, -0.05) is 6.07 Å². The SMILES string of the molecule is CCOC(=O)C(CC(OC)OC)c1cccnc1. The van der Waals surface area contributed by atoms with Crippen molar-refractivity contribution in [2.45, 2.75) is 25.6 Å². The number of hydrogen-bond donors (Lipinski definition) is 0. The summed E-state index contributed by atoms with van der Waals surface area (Å²) in [5.41, 5.74) is 0.801. The fourth-order valence-electron chi connectivity index (χ4n) is 1.67. The van der Waals surface area contributed by atoms with Crippen LogP contribution < -0.4 is 0 Å². The smallest absolute Gasteiger partial charge is 0.313 e. The average Bonchev–Trinajstić information content (AvgIpc) is 2.41. The Morgan fingerprint density at radius 1 is 1.39 bits per heavy atom. The number of nitrogens with zero attached hydrogens (tertiary/aromatic N) is 1. The number of aromatic nitrogens is 1. The monoisotopic (exact) mass is 253 g/mol. The third-order valence-electron chi connectivity index (χ3n) is 2.61. The van der Waals surface area contributed by atoms with Crippen molar-refractivity contribution in [1.82, 2.24) is 4.98 Å². The third-order valence-corrected chi connectivity index (χ3v) is 2.61. The molecule has 0 aliphatic heterocycles. The predicted molar refractivity (Wildman–Crippen MR) is 66.0 cm³/mol. The topological polar surface area (TPSA) is 57.7 Å². The highest BCUT2D eigenvalue weighted by molar-refractivity contribution is 5.78. The quantitative estimate of drug-likeness (QED) is 0.547. The molecule has 1 aromatic rings. The molecule has 0 radical (unpaired) electrons. The largest absolute Gasteiger partial charge is 0.466 e. The molecule has 1 rings (SSSR count). The van der Waals surface area contributed by atoms with Gasteiger partial charge in [-0.25, -0.2) is 0 Å². The summed E-state index contributed by atoms with van der Waals surface area (Å²) in [5.74, 6) is -0.715. The van der Waals surface area contributed by atoms with E-state index in [2.05, 4.69) is 4.98 Å². The Hall–Kier alpha value is -1.46. The van der Waals surface area contributed by atoms with Crippen LogP contribution in [0.1, 0.15) is 24.8 Å². The van der Waals surface area contributed by atoms with Crippen LogP contribution in [-0.4, -0.2) is 38.1 Å². The Morgan fingerprint density at radius 2 is 2.11 bits per heavy atom. The Kier molecular flexibility index (Phi) is 6.32. The first-order valence-electron chi connectivity index (χ1n) is 5.85. The van der Waals surface area contributed by atoms with Crippen molar-refractivity contribution in [2.75, 3.05) is 20.8 Å². The summed E-state index contributed by atoms with van der Waals surface area (Å²) in [6.07, 6.45) is 3.27. The second-order valence-corrected chi connectivity index (χ2v) is 3.73. The van der Waals surface area contributed by atoms with Crippen molar-refractivity contribution in [3.63, 3.8) is 0 Å². The summed E-state index contributed by atoms with van der Waals surface area (Å²) < 4.78 is 15.3. The molecule has 0 aromatic carbocycles. The van der Waals surface area contributed by atoms with E-state index in [1.807, 2.05) is 6.07 Å². The molecule has 5 nitrogen and oxygen atoms in total. The maximum absolute atomic E-state index is 11.9. The van der Waals surface area contributed by atoms with Gasteiger partial charge in [-0.05, 0) is 18.6 Å². The maximum Gasteiger partial charge on any atom is 0.313 e. The van der Waals surface area contributed by atoms with Crippen LogP contribution in [0.2, 0.25) is 0 Å². The van der Waals surface area contributed by atoms with Crippen LogP contribution in [0.3, 0.4) is 0 Å². The number of ether oxygens (including phenoxy) is 3. The molecule has 0 spiro atoms. The zero-order chi connectivity index (χ0) is 13.4. The van der Waals surface area contributed by atoms with Crippen LogP contribution in [0.5, 0.6) is 0 Å². The lowest BCUT2D eigenvalue weighted by Crippen LogP contribution is -2.24. The summed E-state index contributed by atoms with van der Waals surface area (Å²) in [5, 5.41) is 0. The molecular formula is C13H19NO4. The number of carbonyl (C=O) groups is 1. The van der Waals surface area contributed by atoms with Crippen LogP contribution in [0.25, 0.3) is 0 Å². The van der Waals surface area contributed by atoms with E-state index in [0.29, 0.717) is 13.0 Å². The standard InChI is InChI=1S/C13H19NO4/c1-4-18-13(15)11(8-12(16-2)17-3)10-6-5-7-14-9-10/h5-7,9,11-12H,4,8H2,1-3H3. The van der Waals surface area contributed by atoms with E-state index in [0.717, 1.165) is 5.56 Å². The first kappa shape index (κ1) is 14.6. The Morgan fingerprint density at radius 3 is 2.61 bits per heavy atom. The van der Waals surface area contributed by atoms with Gasteiger partial charge >= 0.3 is 5.97 Å². The van der Waals surface area contributed by atoms with Gasteiger partial charge in [0.1, 0.15) is 0 Å². The van der Waals surface area contributed by atoms with E-state index in [9.17, 15) is 4.79 Å². The molecule has 0 fully saturated rings. The van der Waals surface area contributed by atoms with Gasteiger partial charge in [0.05, 0.1) is 12.5 Å². The molecule has 1 unspecified atom stereocenters. The van der Waals surface area contributed by atoms with Crippen LogP contribution in [0.4, 0.5) is 0 Å². The van der Waals surface area contributed by atoms with Crippen LogP contribution in [0, 0.1) is 0 Å². The molecule has 0 N–H and O–H groups in total. The number of hydrogen-bond acceptors (Lipinski definition) is 5. The summed E-state index contributed by atoms with van der Waals surface area (Å²) >= 11 is 0. The van der Waals surface area contributed by atoms with E-state index in [1.54, 1.807) is 39.6 Å². The highest BCUT2D eigenvalue weighted by atomic mass is 16.7. The molecule has 1 heterocycles. The molecule has 18 heavy (non-hydrogen) atoms. The lowest BCUT2D eigenvalue weighted by atomic mass is 9.97. The number of pyridine rings is 1. The van der Waals surface area contributed by atoms with Crippen molar-refractivity contribution in [1.29, 1.82) is 0 Å². The summed E-state index contributed by atoms with van der Waals surface area (Å²) in [4.78, 5) is 16.0. The van der Waals surface area contributed by atoms with Crippen LogP contribution in [0.15, 0.2) is 24.5 Å². The molecule has 0 amide bonds. The van der Waals surface area contributed by atoms with Gasteiger partial charge in [0.2, 0.25) is 0 Å². The van der Waals surface area contributed by atoms with Crippen molar-refractivity contribution in [3.8, 4) is 0 Å². The molecule has 0 saturated carbocycles. The van der Waals surface area contributed by atoms with E-state index < -0.39 is 12.2 Å². The minimum atomic E-state index is -0.445. The molecular weight excluding hydrogens is 234 g/mol. The highest BCUT2D eigenvalue weighted by Crippen LogP contribution is 2.23. The Balaban J connectivity index is 2.85. The van der Waals surface area contributed by atoms with Gasteiger partial charge in [-0.2, -0.15) is 0 Å². The zero-order valence-corrected chi connectivity index (χ0v) is 11.0. The number of rotatable bonds is 7. The van der Waals surface area contributed by atoms with Gasteiger partial charge in [0.25, 0.3) is 0 Å². The van der Waals surface area contributed by atoms with Gasteiger partial charge in [0.15, 0.2) is 6.29 Å². The number of methoxy groups -OCH3 is 2. The van der Waals surface area contributed by atoms with Crippen LogP contribution >= 0.6 is 0 Å². The predicted octanol–water partition coefficient (Wildman–Crippen LogP) is 1.74. The normalized spacial score (nSPS) is 12.4. The summed E-state index contributed by atoms with van der Waals surface area (Å²) in [6, 6.07) is 3.63. The van der Waals surface area contributed by atoms with Gasteiger partial charge in [-0.3, -0.25) is 9.78 Å². The lowest BCUT2D eigenvalue weighted by Gasteiger charge is -2.20. The first-order valence-corrected chi connectivity index (χ1v) is 5.85. The van der Waals surface area contributed by atoms with Crippen molar-refractivity contribution >= 4 is 5.97 Å². The van der Waals surface area contributed by atoms with Gasteiger partial charge < -0.3 is 14.2 Å². The molecule has 0 aliphatic rings. The second-order valence-electron chi connectivity index (χ2n) is 3.73. The van der Waals surface area contributed by atoms with E-state index >= 15 is 0 Å². The minimum absolute atomic E-state index is 0.287. The Labute approximate surface area is 107 Å². The van der Waals surface area contributed by atoms with Gasteiger partial charge in [-0.15, -0.1) is 0 Å².